The van der Waals surface area contributed by atoms with E-state index in [-0.39, 0.29) is 11.4 Å². The van der Waals surface area contributed by atoms with Gasteiger partial charge in [0, 0.05) is 5.92 Å². The molecule has 1 fully saturated rings. The molecule has 54 valence electrons. The monoisotopic (exact) mass is 138 g/mol. The highest BCUT2D eigenvalue weighted by atomic mass is 16.5. The molecule has 2 heteroatoms. The fourth-order valence-electron chi connectivity index (χ4n) is 1.82. The van der Waals surface area contributed by atoms with Crippen molar-refractivity contribution in [2.45, 2.75) is 13.3 Å². The third-order valence-corrected chi connectivity index (χ3v) is 2.77. The van der Waals surface area contributed by atoms with Crippen molar-refractivity contribution in [1.29, 1.82) is 0 Å². The molecule has 2 aliphatic rings. The lowest BCUT2D eigenvalue weighted by Gasteiger charge is -2.03. The minimum atomic E-state index is -0.214. The fourth-order valence-corrected chi connectivity index (χ4v) is 1.82. The molecule has 0 aromatic heterocycles. The molecular formula is C8H10O2. The quantitative estimate of drug-likeness (QED) is 0.401. The summed E-state index contributed by atoms with van der Waals surface area (Å²) in [6, 6.07) is 0. The van der Waals surface area contributed by atoms with Crippen LogP contribution < -0.4 is 0 Å². The number of carbonyl (C=O) groups is 1. The minimum absolute atomic E-state index is 0.0683. The van der Waals surface area contributed by atoms with Gasteiger partial charge in [-0.25, -0.2) is 0 Å². The van der Waals surface area contributed by atoms with Gasteiger partial charge in [-0.3, -0.25) is 4.79 Å². The Morgan fingerprint density at radius 3 is 2.80 bits per heavy atom. The number of fused-ring (bicyclic) bond motifs is 1. The molecule has 0 aromatic rings. The molecule has 1 saturated carbocycles. The second kappa shape index (κ2) is 1.44. The molecule has 0 radical (unpaired) electrons. The van der Waals surface area contributed by atoms with E-state index in [1.54, 1.807) is 0 Å². The van der Waals surface area contributed by atoms with Crippen molar-refractivity contribution < 1.29 is 9.53 Å². The van der Waals surface area contributed by atoms with Gasteiger partial charge in [-0.2, -0.15) is 0 Å². The van der Waals surface area contributed by atoms with Gasteiger partial charge in [0.1, 0.15) is 0 Å². The second-order valence-corrected chi connectivity index (χ2v) is 3.14. The van der Waals surface area contributed by atoms with Gasteiger partial charge < -0.3 is 4.74 Å². The van der Waals surface area contributed by atoms with E-state index in [4.69, 9.17) is 0 Å². The Labute approximate surface area is 59.9 Å². The van der Waals surface area contributed by atoms with Gasteiger partial charge >= 0.3 is 5.97 Å². The zero-order chi connectivity index (χ0) is 7.35. The van der Waals surface area contributed by atoms with Gasteiger partial charge in [-0.05, 0) is 13.3 Å². The SMILES string of the molecule is COC(=O)C1(C)C2=CCC21. The number of esters is 1. The Balaban J connectivity index is 2.20. The van der Waals surface area contributed by atoms with Gasteiger partial charge in [0.2, 0.25) is 0 Å². The van der Waals surface area contributed by atoms with Gasteiger partial charge in [-0.1, -0.05) is 11.6 Å². The molecule has 0 aliphatic heterocycles. The Morgan fingerprint density at radius 1 is 1.90 bits per heavy atom. The summed E-state index contributed by atoms with van der Waals surface area (Å²) in [5.74, 6) is 0.459. The maximum atomic E-state index is 11.1. The van der Waals surface area contributed by atoms with Crippen LogP contribution in [0.5, 0.6) is 0 Å². The highest BCUT2D eigenvalue weighted by Gasteiger charge is 2.65. The van der Waals surface area contributed by atoms with Crippen LogP contribution in [0.25, 0.3) is 0 Å². The van der Waals surface area contributed by atoms with Crippen molar-refractivity contribution >= 4 is 5.97 Å². The summed E-state index contributed by atoms with van der Waals surface area (Å²) in [7, 11) is 1.45. The van der Waals surface area contributed by atoms with Crippen molar-refractivity contribution in [2.75, 3.05) is 7.11 Å². The highest BCUT2D eigenvalue weighted by Crippen LogP contribution is 2.66. The molecule has 2 atom stereocenters. The van der Waals surface area contributed by atoms with E-state index in [0.29, 0.717) is 5.92 Å². The summed E-state index contributed by atoms with van der Waals surface area (Å²) >= 11 is 0. The predicted molar refractivity (Wildman–Crippen MR) is 36.3 cm³/mol. The van der Waals surface area contributed by atoms with E-state index >= 15 is 0 Å². The average Bonchev–Trinajstić information content (AvgIpc) is 2.24. The number of methoxy groups -OCH3 is 1. The number of ether oxygens (including phenoxy) is 1. The topological polar surface area (TPSA) is 26.3 Å². The first-order valence-electron chi connectivity index (χ1n) is 3.50. The number of allylic oxidation sites excluding steroid dienone is 1. The normalized spacial score (nSPS) is 41.0. The van der Waals surface area contributed by atoms with Gasteiger partial charge in [-0.15, -0.1) is 0 Å². The van der Waals surface area contributed by atoms with Crippen LogP contribution in [0.3, 0.4) is 0 Å². The Hall–Kier alpha value is -0.790. The first-order chi connectivity index (χ1) is 4.71. The fraction of sp³-hybridized carbons (Fsp3) is 0.625. The number of hydrogen-bond acceptors (Lipinski definition) is 2. The van der Waals surface area contributed by atoms with Crippen LogP contribution >= 0.6 is 0 Å². The molecule has 2 aliphatic carbocycles. The summed E-state index contributed by atoms with van der Waals surface area (Å²) in [6.07, 6.45) is 3.20. The zero-order valence-corrected chi connectivity index (χ0v) is 6.18. The molecule has 2 nitrogen and oxygen atoms in total. The molecule has 0 spiro atoms. The van der Waals surface area contributed by atoms with E-state index in [2.05, 4.69) is 10.8 Å². The number of carbonyl (C=O) groups excluding carboxylic acids is 1. The zero-order valence-electron chi connectivity index (χ0n) is 6.18. The van der Waals surface area contributed by atoms with Crippen molar-refractivity contribution in [3.8, 4) is 0 Å². The summed E-state index contributed by atoms with van der Waals surface area (Å²) in [5.41, 5.74) is 1.08. The van der Waals surface area contributed by atoms with Crippen LogP contribution in [0.4, 0.5) is 0 Å². The molecule has 0 bridgehead atoms. The van der Waals surface area contributed by atoms with Crippen molar-refractivity contribution in [2.24, 2.45) is 11.3 Å². The van der Waals surface area contributed by atoms with E-state index in [0.717, 1.165) is 6.42 Å². The van der Waals surface area contributed by atoms with Crippen LogP contribution in [-0.4, -0.2) is 13.1 Å². The largest absolute Gasteiger partial charge is 0.468 e. The third kappa shape index (κ3) is 0.405. The minimum Gasteiger partial charge on any atom is -0.468 e. The summed E-state index contributed by atoms with van der Waals surface area (Å²) in [4.78, 5) is 11.1. The van der Waals surface area contributed by atoms with Crippen LogP contribution in [0.2, 0.25) is 0 Å². The third-order valence-electron chi connectivity index (χ3n) is 2.77. The van der Waals surface area contributed by atoms with Gasteiger partial charge in [0.05, 0.1) is 12.5 Å². The van der Waals surface area contributed by atoms with E-state index in [9.17, 15) is 4.79 Å². The second-order valence-electron chi connectivity index (χ2n) is 3.14. The van der Waals surface area contributed by atoms with Crippen LogP contribution in [0.15, 0.2) is 11.6 Å². The summed E-state index contributed by atoms with van der Waals surface area (Å²) < 4.78 is 4.68. The van der Waals surface area contributed by atoms with Gasteiger partial charge in [0.15, 0.2) is 0 Å². The van der Waals surface area contributed by atoms with Gasteiger partial charge in [0.25, 0.3) is 0 Å². The maximum absolute atomic E-state index is 11.1. The Bertz CT molecular complexity index is 229. The molecule has 10 heavy (non-hydrogen) atoms. The Kier molecular flexibility index (Phi) is 0.858. The molecule has 0 heterocycles. The molecule has 0 aromatic carbocycles. The van der Waals surface area contributed by atoms with Crippen molar-refractivity contribution in [3.63, 3.8) is 0 Å². The maximum Gasteiger partial charge on any atom is 0.316 e. The van der Waals surface area contributed by atoms with Crippen LogP contribution in [-0.2, 0) is 9.53 Å². The predicted octanol–water partition coefficient (Wildman–Crippen LogP) is 1.13. The first-order valence-corrected chi connectivity index (χ1v) is 3.50. The molecule has 2 rings (SSSR count). The summed E-state index contributed by atoms with van der Waals surface area (Å²) in [5, 5.41) is 0. The highest BCUT2D eigenvalue weighted by molar-refractivity contribution is 5.88. The summed E-state index contributed by atoms with van der Waals surface area (Å²) in [6.45, 7) is 1.96. The lowest BCUT2D eigenvalue weighted by atomic mass is 10.1. The number of hydrogen-bond donors (Lipinski definition) is 0. The van der Waals surface area contributed by atoms with Crippen LogP contribution in [0.1, 0.15) is 13.3 Å². The van der Waals surface area contributed by atoms with Crippen LogP contribution in [0, 0.1) is 11.3 Å². The lowest BCUT2D eigenvalue weighted by molar-refractivity contribution is -0.146. The molecule has 0 amide bonds. The molecule has 0 saturated heterocycles. The van der Waals surface area contributed by atoms with E-state index in [1.165, 1.54) is 12.7 Å². The Morgan fingerprint density at radius 2 is 2.50 bits per heavy atom. The number of rotatable bonds is 1. The first kappa shape index (κ1) is 5.96. The molecule has 0 N–H and O–H groups in total. The lowest BCUT2D eigenvalue weighted by Crippen LogP contribution is -2.14. The van der Waals surface area contributed by atoms with E-state index < -0.39 is 0 Å². The van der Waals surface area contributed by atoms with Crippen molar-refractivity contribution in [3.05, 3.63) is 11.6 Å². The van der Waals surface area contributed by atoms with E-state index in [1.807, 2.05) is 6.92 Å². The standard InChI is InChI=1S/C8H10O2/c1-8(7(9)10-2)5-3-4-6(5)8/h3,6H,4H2,1-2H3. The van der Waals surface area contributed by atoms with Crippen molar-refractivity contribution in [1.82, 2.24) is 0 Å². The molecule has 2 unspecified atom stereocenters. The average molecular weight is 138 g/mol. The molecular weight excluding hydrogens is 128 g/mol. The smallest absolute Gasteiger partial charge is 0.316 e.